The number of anilines is 1. The summed E-state index contributed by atoms with van der Waals surface area (Å²) in [5.41, 5.74) is 0.824. The van der Waals surface area contributed by atoms with Crippen molar-refractivity contribution in [2.45, 2.75) is 42.0 Å². The lowest BCUT2D eigenvalue weighted by molar-refractivity contribution is 0.0867. The van der Waals surface area contributed by atoms with E-state index in [1.165, 1.54) is 12.1 Å². The molecule has 3 rings (SSSR count). The minimum absolute atomic E-state index is 0.0626. The maximum absolute atomic E-state index is 12.3. The van der Waals surface area contributed by atoms with Gasteiger partial charge in [-0.1, -0.05) is 11.6 Å². The summed E-state index contributed by atoms with van der Waals surface area (Å²) in [5, 5.41) is 12.5. The number of rotatable bonds is 5. The van der Waals surface area contributed by atoms with Crippen molar-refractivity contribution in [2.75, 3.05) is 4.72 Å². The summed E-state index contributed by atoms with van der Waals surface area (Å²) < 4.78 is 27.5. The molecule has 0 aliphatic heterocycles. The molecule has 1 aromatic carbocycles. The fourth-order valence-corrected chi connectivity index (χ4v) is 5.37. The lowest BCUT2D eigenvalue weighted by Gasteiger charge is -2.26. The van der Waals surface area contributed by atoms with Crippen LogP contribution in [0.2, 0.25) is 4.34 Å². The second-order valence-corrected chi connectivity index (χ2v) is 9.84. The number of aliphatic hydroxyl groups excluding tert-OH is 1. The molecular formula is C17H19ClN2O4S2. The van der Waals surface area contributed by atoms with Gasteiger partial charge in [-0.2, -0.15) is 0 Å². The van der Waals surface area contributed by atoms with E-state index in [4.69, 9.17) is 11.6 Å². The number of hydrogen-bond donors (Lipinski definition) is 3. The molecule has 3 N–H and O–H groups in total. The SMILES string of the molecule is O=C(NC1CCC(O)CC1)c1ccc(NS(=O)(=O)c2ccc(Cl)s2)cc1. The topological polar surface area (TPSA) is 95.5 Å². The molecule has 1 saturated carbocycles. The van der Waals surface area contributed by atoms with Gasteiger partial charge in [-0.25, -0.2) is 8.42 Å². The zero-order valence-corrected chi connectivity index (χ0v) is 16.2. The zero-order chi connectivity index (χ0) is 18.7. The van der Waals surface area contributed by atoms with E-state index < -0.39 is 10.0 Å². The highest BCUT2D eigenvalue weighted by Gasteiger charge is 2.21. The Hall–Kier alpha value is -1.61. The predicted octanol–water partition coefficient (Wildman–Crippen LogP) is 3.24. The van der Waals surface area contributed by atoms with Crippen LogP contribution in [0.25, 0.3) is 0 Å². The van der Waals surface area contributed by atoms with E-state index in [1.807, 2.05) is 0 Å². The van der Waals surface area contributed by atoms with Crippen LogP contribution in [-0.2, 0) is 10.0 Å². The summed E-state index contributed by atoms with van der Waals surface area (Å²) >= 11 is 6.76. The van der Waals surface area contributed by atoms with Crippen LogP contribution in [-0.4, -0.2) is 31.6 Å². The summed E-state index contributed by atoms with van der Waals surface area (Å²) in [5.74, 6) is -0.203. The maximum Gasteiger partial charge on any atom is 0.271 e. The third-order valence-corrected chi connectivity index (χ3v) is 7.35. The van der Waals surface area contributed by atoms with Crippen LogP contribution < -0.4 is 10.0 Å². The molecule has 2 aromatic rings. The molecule has 0 spiro atoms. The van der Waals surface area contributed by atoms with E-state index in [-0.39, 0.29) is 22.3 Å². The van der Waals surface area contributed by atoms with Gasteiger partial charge in [0.2, 0.25) is 0 Å². The van der Waals surface area contributed by atoms with Crippen LogP contribution in [0.4, 0.5) is 5.69 Å². The monoisotopic (exact) mass is 414 g/mol. The van der Waals surface area contributed by atoms with Gasteiger partial charge in [0.25, 0.3) is 15.9 Å². The molecule has 0 atom stereocenters. The van der Waals surface area contributed by atoms with E-state index in [9.17, 15) is 18.3 Å². The average molecular weight is 415 g/mol. The number of aliphatic hydroxyl groups is 1. The van der Waals surface area contributed by atoms with Gasteiger partial charge in [0.05, 0.1) is 10.4 Å². The van der Waals surface area contributed by atoms with Crippen molar-refractivity contribution >= 4 is 44.6 Å². The van der Waals surface area contributed by atoms with Gasteiger partial charge in [0.15, 0.2) is 0 Å². The largest absolute Gasteiger partial charge is 0.393 e. The normalized spacial score (nSPS) is 20.5. The van der Waals surface area contributed by atoms with Gasteiger partial charge < -0.3 is 10.4 Å². The number of sulfonamides is 1. The molecule has 1 heterocycles. The minimum Gasteiger partial charge on any atom is -0.393 e. The number of nitrogens with one attached hydrogen (secondary N) is 2. The van der Waals surface area contributed by atoms with Gasteiger partial charge in [-0.3, -0.25) is 9.52 Å². The van der Waals surface area contributed by atoms with Gasteiger partial charge in [0.1, 0.15) is 4.21 Å². The number of amides is 1. The number of halogens is 1. The number of hydrogen-bond acceptors (Lipinski definition) is 5. The zero-order valence-electron chi connectivity index (χ0n) is 13.8. The van der Waals surface area contributed by atoms with E-state index in [2.05, 4.69) is 10.0 Å². The van der Waals surface area contributed by atoms with E-state index in [0.717, 1.165) is 24.2 Å². The maximum atomic E-state index is 12.3. The van der Waals surface area contributed by atoms with Crippen LogP contribution in [0.3, 0.4) is 0 Å². The Morgan fingerprint density at radius 1 is 1.08 bits per heavy atom. The van der Waals surface area contributed by atoms with Crippen LogP contribution in [0.5, 0.6) is 0 Å². The van der Waals surface area contributed by atoms with Crippen molar-refractivity contribution in [3.05, 3.63) is 46.3 Å². The molecular weight excluding hydrogens is 396 g/mol. The second kappa shape index (κ2) is 7.96. The Morgan fingerprint density at radius 2 is 1.73 bits per heavy atom. The van der Waals surface area contributed by atoms with Crippen molar-refractivity contribution in [2.24, 2.45) is 0 Å². The Balaban J connectivity index is 1.62. The fourth-order valence-electron chi connectivity index (χ4n) is 2.83. The van der Waals surface area contributed by atoms with Crippen molar-refractivity contribution in [3.63, 3.8) is 0 Å². The second-order valence-electron chi connectivity index (χ2n) is 6.22. The average Bonchev–Trinajstić information content (AvgIpc) is 3.05. The Bertz CT molecular complexity index is 872. The summed E-state index contributed by atoms with van der Waals surface area (Å²) in [4.78, 5) is 12.3. The molecule has 26 heavy (non-hydrogen) atoms. The molecule has 0 bridgehead atoms. The molecule has 9 heteroatoms. The molecule has 0 unspecified atom stereocenters. The molecule has 1 amide bonds. The van der Waals surface area contributed by atoms with Crippen molar-refractivity contribution in [1.82, 2.24) is 5.32 Å². The lowest BCUT2D eigenvalue weighted by Crippen LogP contribution is -2.38. The van der Waals surface area contributed by atoms with Crippen molar-refractivity contribution in [3.8, 4) is 0 Å². The summed E-state index contributed by atoms with van der Waals surface area (Å²) in [6.45, 7) is 0. The molecule has 1 aromatic heterocycles. The third-order valence-electron chi connectivity index (χ3n) is 4.24. The van der Waals surface area contributed by atoms with Crippen LogP contribution in [0.1, 0.15) is 36.0 Å². The molecule has 0 saturated heterocycles. The van der Waals surface area contributed by atoms with Crippen LogP contribution in [0, 0.1) is 0 Å². The predicted molar refractivity (Wildman–Crippen MR) is 102 cm³/mol. The van der Waals surface area contributed by atoms with E-state index in [1.54, 1.807) is 24.3 Å². The van der Waals surface area contributed by atoms with Crippen molar-refractivity contribution < 1.29 is 18.3 Å². The first-order chi connectivity index (χ1) is 12.3. The summed E-state index contributed by atoms with van der Waals surface area (Å²) in [6.07, 6.45) is 2.63. The molecule has 1 fully saturated rings. The summed E-state index contributed by atoms with van der Waals surface area (Å²) in [7, 11) is -3.69. The Morgan fingerprint density at radius 3 is 2.31 bits per heavy atom. The van der Waals surface area contributed by atoms with Gasteiger partial charge in [0, 0.05) is 17.3 Å². The van der Waals surface area contributed by atoms with Crippen LogP contribution >= 0.6 is 22.9 Å². The number of thiophene rings is 1. The van der Waals surface area contributed by atoms with Crippen LogP contribution in [0.15, 0.2) is 40.6 Å². The van der Waals surface area contributed by atoms with Crippen molar-refractivity contribution in [1.29, 1.82) is 0 Å². The Kier molecular flexibility index (Phi) is 5.86. The first kappa shape index (κ1) is 19.2. The first-order valence-corrected chi connectivity index (χ1v) is 10.9. The quantitative estimate of drug-likeness (QED) is 0.699. The van der Waals surface area contributed by atoms with Gasteiger partial charge in [-0.15, -0.1) is 11.3 Å². The fraction of sp³-hybridized carbons (Fsp3) is 0.353. The van der Waals surface area contributed by atoms with E-state index >= 15 is 0 Å². The number of carbonyl (C=O) groups is 1. The standard InChI is InChI=1S/C17H19ClN2O4S2/c18-15-9-10-16(25-15)26(23,24)20-13-3-1-11(2-4-13)17(22)19-12-5-7-14(21)8-6-12/h1-4,9-10,12,14,20-21H,5-8H2,(H,19,22). The highest BCUT2D eigenvalue weighted by molar-refractivity contribution is 7.94. The molecule has 1 aliphatic rings. The van der Waals surface area contributed by atoms with Gasteiger partial charge in [-0.05, 0) is 62.1 Å². The highest BCUT2D eigenvalue weighted by atomic mass is 35.5. The third kappa shape index (κ3) is 4.76. The molecule has 0 radical (unpaired) electrons. The van der Waals surface area contributed by atoms with E-state index in [0.29, 0.717) is 28.4 Å². The smallest absolute Gasteiger partial charge is 0.271 e. The highest BCUT2D eigenvalue weighted by Crippen LogP contribution is 2.27. The van der Waals surface area contributed by atoms with Gasteiger partial charge >= 0.3 is 0 Å². The Labute approximate surface area is 161 Å². The molecule has 6 nitrogen and oxygen atoms in total. The number of benzene rings is 1. The minimum atomic E-state index is -3.69. The molecule has 140 valence electrons. The lowest BCUT2D eigenvalue weighted by atomic mass is 9.93. The first-order valence-electron chi connectivity index (χ1n) is 8.20. The number of carbonyl (C=O) groups excluding carboxylic acids is 1. The summed E-state index contributed by atoms with van der Waals surface area (Å²) in [6, 6.07) is 9.28. The molecule has 1 aliphatic carbocycles.